The second-order valence-electron chi connectivity index (χ2n) is 12.0. The molecule has 4 nitrogen and oxygen atoms in total. The summed E-state index contributed by atoms with van der Waals surface area (Å²) in [6, 6.07) is 12.0. The zero-order valence-corrected chi connectivity index (χ0v) is 24.7. The van der Waals surface area contributed by atoms with Crippen LogP contribution in [0.15, 0.2) is 48.6 Å². The van der Waals surface area contributed by atoms with Crippen molar-refractivity contribution in [1.82, 2.24) is 0 Å². The first-order chi connectivity index (χ1) is 18.7. The van der Waals surface area contributed by atoms with Gasteiger partial charge in [-0.15, -0.1) is 0 Å². The first-order valence-corrected chi connectivity index (χ1v) is 15.1. The van der Waals surface area contributed by atoms with Crippen LogP contribution in [0.2, 0.25) is 0 Å². The number of rotatable bonds is 12. The van der Waals surface area contributed by atoms with Crippen LogP contribution in [0.25, 0.3) is 0 Å². The molecule has 4 atom stereocenters. The molecule has 0 aliphatic heterocycles. The zero-order chi connectivity index (χ0) is 28.2. The van der Waals surface area contributed by atoms with Gasteiger partial charge in [0.2, 0.25) is 0 Å². The lowest BCUT2D eigenvalue weighted by atomic mass is 9.79. The van der Waals surface area contributed by atoms with Gasteiger partial charge in [0, 0.05) is 0 Å². The molecule has 210 valence electrons. The number of hydrogen-bond acceptors (Lipinski definition) is 4. The smallest absolute Gasteiger partial charge is 0.315 e. The first kappa shape index (κ1) is 29.1. The van der Waals surface area contributed by atoms with E-state index in [2.05, 4.69) is 65.8 Å². The van der Waals surface area contributed by atoms with Crippen molar-refractivity contribution >= 4 is 11.9 Å². The highest BCUT2D eigenvalue weighted by Gasteiger charge is 2.62. The number of benzene rings is 2. The number of carbonyl (C=O) groups is 2. The van der Waals surface area contributed by atoms with Gasteiger partial charge in [-0.2, -0.15) is 0 Å². The third kappa shape index (κ3) is 6.00. The fourth-order valence-corrected chi connectivity index (χ4v) is 6.89. The fourth-order valence-electron chi connectivity index (χ4n) is 6.89. The SMILES string of the molecule is CCCc1ccc(OC(=O)C2C(C(=O)Oc3ccc(CCC)c(CCC)c3)C3C=CC2C3(C)C)cc1CCC. The Morgan fingerprint density at radius 2 is 0.974 bits per heavy atom. The third-order valence-electron chi connectivity index (χ3n) is 8.82. The predicted molar refractivity (Wildman–Crippen MR) is 157 cm³/mol. The molecular formula is C35H46O4. The van der Waals surface area contributed by atoms with Crippen LogP contribution in [0.1, 0.15) is 89.5 Å². The van der Waals surface area contributed by atoms with E-state index in [1.807, 2.05) is 24.3 Å². The summed E-state index contributed by atoms with van der Waals surface area (Å²) in [4.78, 5) is 27.5. The minimum Gasteiger partial charge on any atom is -0.426 e. The largest absolute Gasteiger partial charge is 0.426 e. The second-order valence-corrected chi connectivity index (χ2v) is 12.0. The number of fused-ring (bicyclic) bond motifs is 2. The summed E-state index contributed by atoms with van der Waals surface area (Å²) in [5, 5.41) is 0. The van der Waals surface area contributed by atoms with Gasteiger partial charge in [-0.25, -0.2) is 0 Å². The molecule has 0 radical (unpaired) electrons. The van der Waals surface area contributed by atoms with Crippen LogP contribution in [-0.4, -0.2) is 11.9 Å². The average molecular weight is 531 g/mol. The van der Waals surface area contributed by atoms with Crippen LogP contribution in [-0.2, 0) is 35.3 Å². The van der Waals surface area contributed by atoms with E-state index in [0.29, 0.717) is 11.5 Å². The Labute approximate surface area is 235 Å². The molecule has 2 bridgehead atoms. The highest BCUT2D eigenvalue weighted by molar-refractivity contribution is 5.87. The molecule has 4 rings (SSSR count). The van der Waals surface area contributed by atoms with E-state index in [-0.39, 0.29) is 29.2 Å². The highest BCUT2D eigenvalue weighted by Crippen LogP contribution is 2.60. The standard InChI is InChI=1S/C35H46O4/c1-7-11-23-15-17-27(21-25(23)13-9-3)38-33(36)31-29-19-20-30(35(29,5)6)32(31)34(37)39-28-18-16-24(12-8-2)26(22-28)14-10-4/h15-22,29-32H,7-14H2,1-6H3. The molecule has 2 aromatic carbocycles. The molecule has 0 saturated heterocycles. The minimum absolute atomic E-state index is 0.0652. The van der Waals surface area contributed by atoms with Crippen LogP contribution in [0, 0.1) is 29.1 Å². The van der Waals surface area contributed by atoms with Crippen molar-refractivity contribution in [1.29, 1.82) is 0 Å². The van der Waals surface area contributed by atoms with Crippen LogP contribution < -0.4 is 9.47 Å². The number of ether oxygens (including phenoxy) is 2. The van der Waals surface area contributed by atoms with Gasteiger partial charge in [0.25, 0.3) is 0 Å². The third-order valence-corrected chi connectivity index (χ3v) is 8.82. The normalized spacial score (nSPS) is 22.7. The lowest BCUT2D eigenvalue weighted by Crippen LogP contribution is -2.37. The van der Waals surface area contributed by atoms with Crippen molar-refractivity contribution in [2.24, 2.45) is 29.1 Å². The molecule has 2 aliphatic carbocycles. The molecule has 39 heavy (non-hydrogen) atoms. The molecule has 4 unspecified atom stereocenters. The number of allylic oxidation sites excluding steroid dienone is 2. The van der Waals surface area contributed by atoms with Gasteiger partial charge in [-0.3, -0.25) is 9.59 Å². The Morgan fingerprint density at radius 1 is 0.615 bits per heavy atom. The Bertz CT molecular complexity index is 1120. The molecular weight excluding hydrogens is 484 g/mol. The number of carbonyl (C=O) groups excluding carboxylic acids is 2. The van der Waals surface area contributed by atoms with E-state index in [0.717, 1.165) is 51.4 Å². The van der Waals surface area contributed by atoms with E-state index in [1.54, 1.807) is 0 Å². The molecule has 0 spiro atoms. The monoisotopic (exact) mass is 530 g/mol. The van der Waals surface area contributed by atoms with Gasteiger partial charge >= 0.3 is 11.9 Å². The van der Waals surface area contributed by atoms with E-state index in [4.69, 9.17) is 9.47 Å². The van der Waals surface area contributed by atoms with E-state index < -0.39 is 11.8 Å². The fraction of sp³-hybridized carbons (Fsp3) is 0.543. The molecule has 1 saturated carbocycles. The molecule has 0 N–H and O–H groups in total. The predicted octanol–water partition coefficient (Wildman–Crippen LogP) is 8.08. The number of aryl methyl sites for hydroxylation is 4. The molecule has 1 fully saturated rings. The summed E-state index contributed by atoms with van der Waals surface area (Å²) < 4.78 is 12.0. The molecule has 2 aliphatic rings. The molecule has 0 heterocycles. The molecule has 0 aromatic heterocycles. The van der Waals surface area contributed by atoms with Crippen molar-refractivity contribution in [3.05, 3.63) is 70.8 Å². The van der Waals surface area contributed by atoms with Gasteiger partial charge in [0.05, 0.1) is 11.8 Å². The average Bonchev–Trinajstić information content (AvgIpc) is 3.32. The van der Waals surface area contributed by atoms with Crippen molar-refractivity contribution in [3.8, 4) is 11.5 Å². The van der Waals surface area contributed by atoms with Gasteiger partial charge in [-0.1, -0.05) is 91.5 Å². The van der Waals surface area contributed by atoms with Crippen molar-refractivity contribution in [3.63, 3.8) is 0 Å². The zero-order valence-electron chi connectivity index (χ0n) is 24.7. The Kier molecular flexibility index (Phi) is 9.35. The van der Waals surface area contributed by atoms with E-state index in [1.165, 1.54) is 22.3 Å². The van der Waals surface area contributed by atoms with E-state index in [9.17, 15) is 9.59 Å². The molecule has 0 amide bonds. The van der Waals surface area contributed by atoms with Crippen LogP contribution in [0.5, 0.6) is 11.5 Å². The maximum absolute atomic E-state index is 13.7. The van der Waals surface area contributed by atoms with Gasteiger partial charge in [0.15, 0.2) is 0 Å². The summed E-state index contributed by atoms with van der Waals surface area (Å²) in [5.41, 5.74) is 4.89. The van der Waals surface area contributed by atoms with E-state index >= 15 is 0 Å². The lowest BCUT2D eigenvalue weighted by Gasteiger charge is -2.25. The summed E-state index contributed by atoms with van der Waals surface area (Å²) in [6.07, 6.45) is 12.4. The van der Waals surface area contributed by atoms with Crippen molar-refractivity contribution < 1.29 is 19.1 Å². The maximum atomic E-state index is 13.7. The summed E-state index contributed by atoms with van der Waals surface area (Å²) in [6.45, 7) is 13.0. The number of esters is 2. The van der Waals surface area contributed by atoms with Crippen LogP contribution in [0.4, 0.5) is 0 Å². The van der Waals surface area contributed by atoms with Gasteiger partial charge in [-0.05, 0) is 89.5 Å². The minimum atomic E-state index is -0.568. The first-order valence-electron chi connectivity index (χ1n) is 15.1. The second kappa shape index (κ2) is 12.5. The summed E-state index contributed by atoms with van der Waals surface area (Å²) in [5.74, 6) is -0.806. The van der Waals surface area contributed by atoms with Crippen LogP contribution >= 0.6 is 0 Å². The Hall–Kier alpha value is -2.88. The number of hydrogen-bond donors (Lipinski definition) is 0. The topological polar surface area (TPSA) is 52.6 Å². The van der Waals surface area contributed by atoms with Crippen molar-refractivity contribution in [2.45, 2.75) is 92.9 Å². The van der Waals surface area contributed by atoms with Gasteiger partial charge in [0.1, 0.15) is 11.5 Å². The van der Waals surface area contributed by atoms with Gasteiger partial charge < -0.3 is 9.47 Å². The lowest BCUT2D eigenvalue weighted by molar-refractivity contribution is -0.151. The summed E-state index contributed by atoms with van der Waals surface area (Å²) in [7, 11) is 0. The molecule has 4 heteroatoms. The quantitative estimate of drug-likeness (QED) is 0.158. The highest BCUT2D eigenvalue weighted by atomic mass is 16.5. The van der Waals surface area contributed by atoms with Crippen molar-refractivity contribution in [2.75, 3.05) is 0 Å². The van der Waals surface area contributed by atoms with Crippen LogP contribution in [0.3, 0.4) is 0 Å². The summed E-state index contributed by atoms with van der Waals surface area (Å²) >= 11 is 0. The Balaban J connectivity index is 1.57. The molecule has 2 aromatic rings. The Morgan fingerprint density at radius 3 is 1.33 bits per heavy atom. The maximum Gasteiger partial charge on any atom is 0.315 e.